The first-order valence-corrected chi connectivity index (χ1v) is 9.83. The molecule has 2 aromatic heterocycles. The summed E-state index contributed by atoms with van der Waals surface area (Å²) >= 11 is 0. The number of carbonyl (C=O) groups excluding carboxylic acids is 2. The zero-order valence-corrected chi connectivity index (χ0v) is 16.9. The van der Waals surface area contributed by atoms with Gasteiger partial charge in [-0.1, -0.05) is 30.3 Å². The van der Waals surface area contributed by atoms with Crippen molar-refractivity contribution in [2.45, 2.75) is 6.17 Å². The van der Waals surface area contributed by atoms with E-state index in [1.54, 1.807) is 61.8 Å². The standard InChI is InChI=1S/C23H17FN6O2/c1-29-18-9-5-3-7-16(18)20(15-6-2-4-8-17(15)24)27-21(23(29)32)28-22(31)14-12-25-19-10-11-26-30(19)13-14/h2-13,21H,1H3,(H,28,31). The molecular weight excluding hydrogens is 411 g/mol. The highest BCUT2D eigenvalue weighted by molar-refractivity contribution is 6.20. The second kappa shape index (κ2) is 7.69. The molecule has 0 radical (unpaired) electrons. The second-order valence-corrected chi connectivity index (χ2v) is 7.22. The van der Waals surface area contributed by atoms with Gasteiger partial charge in [0.05, 0.1) is 23.2 Å². The van der Waals surface area contributed by atoms with E-state index < -0.39 is 23.8 Å². The summed E-state index contributed by atoms with van der Waals surface area (Å²) in [6.07, 6.45) is 3.21. The molecule has 1 atom stereocenters. The molecule has 0 saturated heterocycles. The minimum atomic E-state index is -1.26. The van der Waals surface area contributed by atoms with E-state index in [0.29, 0.717) is 16.9 Å². The maximum atomic E-state index is 14.7. The molecule has 0 spiro atoms. The monoisotopic (exact) mass is 428 g/mol. The predicted octanol–water partition coefficient (Wildman–Crippen LogP) is 2.44. The number of rotatable bonds is 3. The number of fused-ring (bicyclic) bond motifs is 2. The molecule has 1 aliphatic heterocycles. The van der Waals surface area contributed by atoms with Crippen LogP contribution in [0.3, 0.4) is 0 Å². The highest BCUT2D eigenvalue weighted by Crippen LogP contribution is 2.28. The third-order valence-corrected chi connectivity index (χ3v) is 5.25. The predicted molar refractivity (Wildman–Crippen MR) is 116 cm³/mol. The molecule has 1 N–H and O–H groups in total. The number of halogens is 1. The fourth-order valence-electron chi connectivity index (χ4n) is 3.62. The lowest BCUT2D eigenvalue weighted by atomic mass is 10.00. The molecule has 158 valence electrons. The van der Waals surface area contributed by atoms with Crippen LogP contribution >= 0.6 is 0 Å². The van der Waals surface area contributed by atoms with Crippen molar-refractivity contribution in [1.82, 2.24) is 19.9 Å². The summed E-state index contributed by atoms with van der Waals surface area (Å²) < 4.78 is 16.1. The molecule has 0 fully saturated rings. The van der Waals surface area contributed by atoms with Crippen LogP contribution in [0, 0.1) is 5.82 Å². The van der Waals surface area contributed by atoms with E-state index in [0.717, 1.165) is 0 Å². The average Bonchev–Trinajstić information content (AvgIpc) is 3.26. The number of para-hydroxylation sites is 1. The van der Waals surface area contributed by atoms with Crippen LogP contribution in [0.15, 0.2) is 78.2 Å². The molecule has 2 amide bonds. The number of benzodiazepines with no additional fused rings is 1. The summed E-state index contributed by atoms with van der Waals surface area (Å²) in [5.74, 6) is -1.48. The summed E-state index contributed by atoms with van der Waals surface area (Å²) in [6, 6.07) is 15.0. The number of amides is 2. The SMILES string of the molecule is CN1C(=O)C(NC(=O)c2cnc3ccnn3c2)N=C(c2ccccc2F)c2ccccc21. The summed E-state index contributed by atoms with van der Waals surface area (Å²) in [7, 11) is 1.59. The fourth-order valence-corrected chi connectivity index (χ4v) is 3.62. The van der Waals surface area contributed by atoms with Crippen molar-refractivity contribution in [3.63, 3.8) is 0 Å². The van der Waals surface area contributed by atoms with Crippen molar-refractivity contribution < 1.29 is 14.0 Å². The van der Waals surface area contributed by atoms with Gasteiger partial charge in [0.2, 0.25) is 6.17 Å². The van der Waals surface area contributed by atoms with Gasteiger partial charge in [-0.15, -0.1) is 0 Å². The Hall–Kier alpha value is -4.40. The Morgan fingerprint density at radius 2 is 1.81 bits per heavy atom. The Morgan fingerprint density at radius 1 is 1.06 bits per heavy atom. The molecule has 5 rings (SSSR count). The lowest BCUT2D eigenvalue weighted by Crippen LogP contribution is -2.46. The van der Waals surface area contributed by atoms with Crippen LogP contribution in [0.25, 0.3) is 5.65 Å². The fraction of sp³-hybridized carbons (Fsp3) is 0.0870. The Morgan fingerprint density at radius 3 is 2.62 bits per heavy atom. The van der Waals surface area contributed by atoms with Crippen molar-refractivity contribution in [1.29, 1.82) is 0 Å². The van der Waals surface area contributed by atoms with Gasteiger partial charge in [0.15, 0.2) is 5.65 Å². The molecular formula is C23H17FN6O2. The van der Waals surface area contributed by atoms with E-state index in [1.807, 2.05) is 0 Å². The van der Waals surface area contributed by atoms with Crippen LogP contribution in [0.2, 0.25) is 0 Å². The average molecular weight is 428 g/mol. The number of benzene rings is 2. The Labute approximate surface area is 182 Å². The lowest BCUT2D eigenvalue weighted by Gasteiger charge is -2.20. The van der Waals surface area contributed by atoms with E-state index in [4.69, 9.17) is 0 Å². The molecule has 0 aliphatic carbocycles. The van der Waals surface area contributed by atoms with E-state index in [-0.39, 0.29) is 16.8 Å². The van der Waals surface area contributed by atoms with Crippen molar-refractivity contribution >= 4 is 28.9 Å². The minimum absolute atomic E-state index is 0.209. The van der Waals surface area contributed by atoms with Gasteiger partial charge in [-0.3, -0.25) is 9.59 Å². The Bertz CT molecular complexity index is 1400. The number of likely N-dealkylation sites (N-methyl/N-ethyl adjacent to an activating group) is 1. The molecule has 0 bridgehead atoms. The number of nitrogens with zero attached hydrogens (tertiary/aromatic N) is 5. The first-order chi connectivity index (χ1) is 15.5. The van der Waals surface area contributed by atoms with Crippen LogP contribution in [0.4, 0.5) is 10.1 Å². The number of nitrogens with one attached hydrogen (secondary N) is 1. The third-order valence-electron chi connectivity index (χ3n) is 5.25. The summed E-state index contributed by atoms with van der Waals surface area (Å²) in [5.41, 5.74) is 2.47. The van der Waals surface area contributed by atoms with Gasteiger partial charge in [0, 0.05) is 36.6 Å². The zero-order chi connectivity index (χ0) is 22.2. The molecule has 9 heteroatoms. The number of anilines is 1. The van der Waals surface area contributed by atoms with Gasteiger partial charge in [0.1, 0.15) is 5.82 Å². The largest absolute Gasteiger partial charge is 0.322 e. The highest BCUT2D eigenvalue weighted by atomic mass is 19.1. The molecule has 1 unspecified atom stereocenters. The van der Waals surface area contributed by atoms with E-state index >= 15 is 0 Å². The van der Waals surface area contributed by atoms with Gasteiger partial charge >= 0.3 is 0 Å². The topological polar surface area (TPSA) is 92.0 Å². The molecule has 2 aromatic carbocycles. The van der Waals surface area contributed by atoms with Gasteiger partial charge in [-0.05, 0) is 18.2 Å². The summed E-state index contributed by atoms with van der Waals surface area (Å²) in [4.78, 5) is 36.2. The number of hydrogen-bond acceptors (Lipinski definition) is 5. The summed E-state index contributed by atoms with van der Waals surface area (Å²) in [6.45, 7) is 0. The summed E-state index contributed by atoms with van der Waals surface area (Å²) in [5, 5.41) is 6.71. The quantitative estimate of drug-likeness (QED) is 0.543. The molecule has 8 nitrogen and oxygen atoms in total. The van der Waals surface area contributed by atoms with Gasteiger partial charge in [-0.2, -0.15) is 5.10 Å². The van der Waals surface area contributed by atoms with Crippen LogP contribution in [0.1, 0.15) is 21.5 Å². The van der Waals surface area contributed by atoms with E-state index in [1.165, 1.54) is 27.9 Å². The second-order valence-electron chi connectivity index (χ2n) is 7.22. The highest BCUT2D eigenvalue weighted by Gasteiger charge is 2.32. The number of aliphatic imine (C=N–C) groups is 1. The van der Waals surface area contributed by atoms with Gasteiger partial charge in [0.25, 0.3) is 11.8 Å². The van der Waals surface area contributed by atoms with Crippen molar-refractivity contribution in [3.05, 3.63) is 95.7 Å². The maximum Gasteiger partial charge on any atom is 0.272 e. The van der Waals surface area contributed by atoms with Crippen LogP contribution in [-0.2, 0) is 4.79 Å². The van der Waals surface area contributed by atoms with Crippen molar-refractivity contribution in [3.8, 4) is 0 Å². The third kappa shape index (κ3) is 3.29. The number of hydrogen-bond donors (Lipinski definition) is 1. The normalized spacial score (nSPS) is 15.8. The number of carbonyl (C=O) groups is 2. The Kier molecular flexibility index (Phi) is 4.70. The molecule has 1 aliphatic rings. The van der Waals surface area contributed by atoms with Gasteiger partial charge < -0.3 is 10.2 Å². The molecule has 3 heterocycles. The smallest absolute Gasteiger partial charge is 0.272 e. The molecule has 4 aromatic rings. The van der Waals surface area contributed by atoms with E-state index in [9.17, 15) is 14.0 Å². The van der Waals surface area contributed by atoms with Crippen LogP contribution in [0.5, 0.6) is 0 Å². The Balaban J connectivity index is 1.58. The minimum Gasteiger partial charge on any atom is -0.322 e. The van der Waals surface area contributed by atoms with Crippen molar-refractivity contribution in [2.75, 3.05) is 11.9 Å². The molecule has 0 saturated carbocycles. The lowest BCUT2D eigenvalue weighted by molar-refractivity contribution is -0.119. The zero-order valence-electron chi connectivity index (χ0n) is 16.9. The molecule has 32 heavy (non-hydrogen) atoms. The van der Waals surface area contributed by atoms with Crippen LogP contribution in [-0.4, -0.2) is 45.3 Å². The van der Waals surface area contributed by atoms with E-state index in [2.05, 4.69) is 20.4 Å². The van der Waals surface area contributed by atoms with Crippen molar-refractivity contribution in [2.24, 2.45) is 4.99 Å². The van der Waals surface area contributed by atoms with Crippen LogP contribution < -0.4 is 10.2 Å². The number of aromatic nitrogens is 3. The first kappa shape index (κ1) is 19.6. The maximum absolute atomic E-state index is 14.7. The first-order valence-electron chi connectivity index (χ1n) is 9.83. The van der Waals surface area contributed by atoms with Gasteiger partial charge in [-0.25, -0.2) is 18.9 Å².